The molecule has 0 radical (unpaired) electrons. The van der Waals surface area contributed by atoms with Crippen LogP contribution in [0.4, 0.5) is 4.39 Å². The Hall–Kier alpha value is -2.83. The third-order valence-corrected chi connectivity index (χ3v) is 5.91. The van der Waals surface area contributed by atoms with E-state index in [-0.39, 0.29) is 35.5 Å². The van der Waals surface area contributed by atoms with Crippen LogP contribution < -0.4 is 5.32 Å². The lowest BCUT2D eigenvalue weighted by Crippen LogP contribution is -2.55. The molecule has 2 aliphatic rings. The molecule has 1 aromatic carbocycles. The lowest BCUT2D eigenvalue weighted by atomic mass is 9.60. The molecule has 146 valence electrons. The lowest BCUT2D eigenvalue weighted by molar-refractivity contribution is -0.134. The van der Waals surface area contributed by atoms with E-state index in [1.807, 2.05) is 4.90 Å². The first-order valence-corrected chi connectivity index (χ1v) is 9.62. The molecule has 2 heterocycles. The predicted octanol–water partition coefficient (Wildman–Crippen LogP) is 2.36. The summed E-state index contributed by atoms with van der Waals surface area (Å²) in [5, 5.41) is 3.02. The first-order chi connectivity index (χ1) is 13.5. The van der Waals surface area contributed by atoms with E-state index in [2.05, 4.69) is 15.3 Å². The van der Waals surface area contributed by atoms with E-state index >= 15 is 0 Å². The van der Waals surface area contributed by atoms with Gasteiger partial charge in [0.2, 0.25) is 5.91 Å². The summed E-state index contributed by atoms with van der Waals surface area (Å²) < 4.78 is 13.3. The molecule has 7 heteroatoms. The first-order valence-electron chi connectivity index (χ1n) is 9.62. The number of carbonyl (C=O) groups excluding carboxylic acids is 2. The van der Waals surface area contributed by atoms with Gasteiger partial charge in [-0.3, -0.25) is 14.6 Å². The van der Waals surface area contributed by atoms with Crippen molar-refractivity contribution in [2.75, 3.05) is 13.1 Å². The maximum atomic E-state index is 13.3. The molecule has 28 heavy (non-hydrogen) atoms. The zero-order valence-electron chi connectivity index (χ0n) is 15.6. The molecule has 1 aromatic heterocycles. The summed E-state index contributed by atoms with van der Waals surface area (Å²) in [4.78, 5) is 34.5. The normalized spacial score (nSPS) is 18.5. The van der Waals surface area contributed by atoms with Gasteiger partial charge < -0.3 is 10.2 Å². The molecule has 2 aromatic rings. The minimum atomic E-state index is -0.313. The van der Waals surface area contributed by atoms with Gasteiger partial charge in [-0.1, -0.05) is 12.1 Å². The second-order valence-electron chi connectivity index (χ2n) is 7.86. The van der Waals surface area contributed by atoms with Crippen molar-refractivity contribution >= 4 is 11.8 Å². The number of carbonyl (C=O) groups is 2. The van der Waals surface area contributed by atoms with Crippen molar-refractivity contribution in [1.82, 2.24) is 20.2 Å². The van der Waals surface area contributed by atoms with Gasteiger partial charge in [0.05, 0.1) is 12.6 Å². The molecule has 1 saturated carbocycles. The van der Waals surface area contributed by atoms with E-state index < -0.39 is 0 Å². The molecular formula is C21H23FN4O2. The van der Waals surface area contributed by atoms with E-state index in [4.69, 9.17) is 0 Å². The quantitative estimate of drug-likeness (QED) is 0.881. The van der Waals surface area contributed by atoms with E-state index in [1.165, 1.54) is 24.5 Å². The second kappa shape index (κ2) is 7.66. The summed E-state index contributed by atoms with van der Waals surface area (Å²) >= 11 is 0. The number of nitrogens with one attached hydrogen (secondary N) is 1. The molecule has 1 saturated heterocycles. The fraction of sp³-hybridized carbons (Fsp3) is 0.429. The molecule has 0 atom stereocenters. The Balaban J connectivity index is 1.24. The summed E-state index contributed by atoms with van der Waals surface area (Å²) in [6, 6.07) is 6.37. The molecule has 1 spiro atoms. The molecule has 1 N–H and O–H groups in total. The van der Waals surface area contributed by atoms with Crippen LogP contribution in [0.1, 0.15) is 41.7 Å². The number of rotatable bonds is 4. The molecule has 2 fully saturated rings. The maximum Gasteiger partial charge on any atom is 0.271 e. The highest BCUT2D eigenvalue weighted by atomic mass is 19.1. The lowest BCUT2D eigenvalue weighted by Gasteiger charge is -2.52. The topological polar surface area (TPSA) is 75.2 Å². The third-order valence-electron chi connectivity index (χ3n) is 5.91. The zero-order chi connectivity index (χ0) is 19.6. The Morgan fingerprint density at radius 1 is 1.21 bits per heavy atom. The monoisotopic (exact) mass is 382 g/mol. The van der Waals surface area contributed by atoms with Crippen molar-refractivity contribution in [3.05, 3.63) is 59.9 Å². The fourth-order valence-corrected chi connectivity index (χ4v) is 4.34. The van der Waals surface area contributed by atoms with E-state index in [9.17, 15) is 14.0 Å². The average Bonchev–Trinajstić information content (AvgIpc) is 2.68. The largest absolute Gasteiger partial charge is 0.348 e. The van der Waals surface area contributed by atoms with Gasteiger partial charge >= 0.3 is 0 Å². The van der Waals surface area contributed by atoms with Gasteiger partial charge in [0.15, 0.2) is 0 Å². The number of halogens is 1. The SMILES string of the molecule is O=C(NC1CC2(CCN(C(=O)Cc3cccc(F)c3)CC2)C1)c1cnccn1. The number of likely N-dealkylation sites (tertiary alicyclic amines) is 1. The number of hydrogen-bond donors (Lipinski definition) is 1. The van der Waals surface area contributed by atoms with Crippen molar-refractivity contribution in [2.24, 2.45) is 5.41 Å². The van der Waals surface area contributed by atoms with Crippen LogP contribution in [0.15, 0.2) is 42.9 Å². The number of amides is 2. The zero-order valence-corrected chi connectivity index (χ0v) is 15.6. The molecule has 0 bridgehead atoms. The maximum absolute atomic E-state index is 13.3. The summed E-state index contributed by atoms with van der Waals surface area (Å²) in [5.74, 6) is -0.449. The number of benzene rings is 1. The number of hydrogen-bond acceptors (Lipinski definition) is 4. The molecule has 0 unspecified atom stereocenters. The second-order valence-corrected chi connectivity index (χ2v) is 7.86. The van der Waals surface area contributed by atoms with Gasteiger partial charge in [-0.25, -0.2) is 9.37 Å². The van der Waals surface area contributed by atoms with Gasteiger partial charge in [-0.2, -0.15) is 0 Å². The highest BCUT2D eigenvalue weighted by Gasteiger charge is 2.46. The Kier molecular flexibility index (Phi) is 5.07. The van der Waals surface area contributed by atoms with Crippen LogP contribution in [-0.4, -0.2) is 45.8 Å². The van der Waals surface area contributed by atoms with Gasteiger partial charge in [0.1, 0.15) is 11.5 Å². The van der Waals surface area contributed by atoms with Gasteiger partial charge in [0, 0.05) is 31.5 Å². The summed E-state index contributed by atoms with van der Waals surface area (Å²) in [6.45, 7) is 1.44. The third kappa shape index (κ3) is 4.03. The van der Waals surface area contributed by atoms with Crippen molar-refractivity contribution < 1.29 is 14.0 Å². The number of piperidine rings is 1. The van der Waals surface area contributed by atoms with Crippen LogP contribution >= 0.6 is 0 Å². The molecule has 2 amide bonds. The van der Waals surface area contributed by atoms with Crippen LogP contribution in [0.3, 0.4) is 0 Å². The van der Waals surface area contributed by atoms with E-state index in [1.54, 1.807) is 18.3 Å². The Bertz CT molecular complexity index is 858. The van der Waals surface area contributed by atoms with Crippen LogP contribution in [-0.2, 0) is 11.2 Å². The standard InChI is InChI=1S/C21H23FN4O2/c22-16-3-1-2-15(10-16)11-19(27)26-8-4-21(5-9-26)12-17(13-21)25-20(28)18-14-23-6-7-24-18/h1-3,6-7,10,14,17H,4-5,8-9,11-13H2,(H,25,28). The average molecular weight is 382 g/mol. The fourth-order valence-electron chi connectivity index (χ4n) is 4.34. The number of nitrogens with zero attached hydrogens (tertiary/aromatic N) is 3. The van der Waals surface area contributed by atoms with Crippen molar-refractivity contribution in [3.8, 4) is 0 Å². The van der Waals surface area contributed by atoms with Crippen molar-refractivity contribution in [2.45, 2.75) is 38.1 Å². The summed E-state index contributed by atoms with van der Waals surface area (Å²) in [5.41, 5.74) is 1.26. The van der Waals surface area contributed by atoms with Crippen molar-refractivity contribution in [1.29, 1.82) is 0 Å². The first kappa shape index (κ1) is 18.5. The van der Waals surface area contributed by atoms with Crippen LogP contribution in [0, 0.1) is 11.2 Å². The minimum absolute atomic E-state index is 0.0484. The number of aromatic nitrogens is 2. The molecule has 4 rings (SSSR count). The molecule has 6 nitrogen and oxygen atoms in total. The van der Waals surface area contributed by atoms with Gasteiger partial charge in [-0.15, -0.1) is 0 Å². The van der Waals surface area contributed by atoms with Crippen LogP contribution in [0.5, 0.6) is 0 Å². The highest BCUT2D eigenvalue weighted by molar-refractivity contribution is 5.92. The Morgan fingerprint density at radius 3 is 2.68 bits per heavy atom. The predicted molar refractivity (Wildman–Crippen MR) is 101 cm³/mol. The van der Waals surface area contributed by atoms with Gasteiger partial charge in [0.25, 0.3) is 5.91 Å². The molecule has 1 aliphatic carbocycles. The Labute approximate surface area is 163 Å². The summed E-state index contributed by atoms with van der Waals surface area (Å²) in [6.07, 6.45) is 8.51. The van der Waals surface area contributed by atoms with Crippen LogP contribution in [0.25, 0.3) is 0 Å². The van der Waals surface area contributed by atoms with Crippen LogP contribution in [0.2, 0.25) is 0 Å². The summed E-state index contributed by atoms with van der Waals surface area (Å²) in [7, 11) is 0. The van der Waals surface area contributed by atoms with Gasteiger partial charge in [-0.05, 0) is 48.8 Å². The Morgan fingerprint density at radius 2 is 2.00 bits per heavy atom. The molecule has 1 aliphatic heterocycles. The van der Waals surface area contributed by atoms with Crippen molar-refractivity contribution in [3.63, 3.8) is 0 Å². The smallest absolute Gasteiger partial charge is 0.271 e. The minimum Gasteiger partial charge on any atom is -0.348 e. The van der Waals surface area contributed by atoms with E-state index in [0.717, 1.165) is 38.8 Å². The molecular weight excluding hydrogens is 359 g/mol. The highest BCUT2D eigenvalue weighted by Crippen LogP contribution is 2.49. The van der Waals surface area contributed by atoms with E-state index in [0.29, 0.717) is 11.3 Å².